The molecule has 0 aromatic carbocycles. The number of hydrogen-bond acceptors (Lipinski definition) is 3. The SMILES string of the molecule is CC(CO)(OCCC(F)(F)C(F)(F)C(F)(F)C(F)(F)C(F)(F)C(F)(F)F)OCCC(F)(F)C(F)(F)C(F)(F)C(F)(F)C(F)(F)C(F)(F)F. The van der Waals surface area contributed by atoms with E-state index in [4.69, 9.17) is 5.11 Å². The first-order valence-corrected chi connectivity index (χ1v) is 11.3. The summed E-state index contributed by atoms with van der Waals surface area (Å²) in [5.41, 5.74) is 0. The van der Waals surface area contributed by atoms with E-state index in [0.29, 0.717) is 0 Å². The standard InChI is InChI=1S/C19H14F26O3/c1-7(6-46,47-4-2-8(20,21)10(24,25)12(28,29)14(32,33)16(36,37)18(40,41)42)48-5-3-9(22,23)11(26,27)13(30,31)15(34,35)17(38,39)19(43,44)45/h46H,2-6H2,1H3. The molecular formula is C19H14F26O3. The lowest BCUT2D eigenvalue weighted by atomic mass is 9.92. The fourth-order valence-electron chi connectivity index (χ4n) is 2.84. The van der Waals surface area contributed by atoms with Crippen molar-refractivity contribution < 1.29 is 129 Å². The Morgan fingerprint density at radius 2 is 0.562 bits per heavy atom. The van der Waals surface area contributed by atoms with E-state index in [0.717, 1.165) is 0 Å². The van der Waals surface area contributed by atoms with Gasteiger partial charge in [-0.05, 0) is 6.92 Å². The fraction of sp³-hybridized carbons (Fsp3) is 1.00. The molecule has 0 spiro atoms. The predicted molar refractivity (Wildman–Crippen MR) is 98.2 cm³/mol. The largest absolute Gasteiger partial charge is 0.460 e. The first kappa shape index (κ1) is 46.1. The van der Waals surface area contributed by atoms with Crippen LogP contribution in [0.25, 0.3) is 0 Å². The van der Waals surface area contributed by atoms with Crippen LogP contribution in [0.2, 0.25) is 0 Å². The van der Waals surface area contributed by atoms with E-state index in [1.807, 2.05) is 0 Å². The molecule has 3 nitrogen and oxygen atoms in total. The van der Waals surface area contributed by atoms with Crippen molar-refractivity contribution in [2.24, 2.45) is 0 Å². The zero-order chi connectivity index (χ0) is 39.4. The van der Waals surface area contributed by atoms with Gasteiger partial charge in [0.15, 0.2) is 5.79 Å². The van der Waals surface area contributed by atoms with Crippen molar-refractivity contribution in [2.75, 3.05) is 19.8 Å². The Bertz CT molecular complexity index is 1010. The van der Waals surface area contributed by atoms with E-state index < -0.39 is 110 Å². The van der Waals surface area contributed by atoms with Gasteiger partial charge in [-0.15, -0.1) is 0 Å². The minimum atomic E-state index is -8.30. The highest BCUT2D eigenvalue weighted by Crippen LogP contribution is 2.62. The van der Waals surface area contributed by atoms with E-state index in [1.165, 1.54) is 0 Å². The summed E-state index contributed by atoms with van der Waals surface area (Å²) in [6.45, 7) is -6.82. The Kier molecular flexibility index (Phi) is 12.2. The van der Waals surface area contributed by atoms with Gasteiger partial charge in [-0.25, -0.2) is 0 Å². The molecule has 0 saturated heterocycles. The van der Waals surface area contributed by atoms with Gasteiger partial charge >= 0.3 is 71.6 Å². The van der Waals surface area contributed by atoms with E-state index in [9.17, 15) is 114 Å². The molecule has 0 aliphatic carbocycles. The van der Waals surface area contributed by atoms with Crippen LogP contribution in [0.1, 0.15) is 19.8 Å². The van der Waals surface area contributed by atoms with Gasteiger partial charge in [0.2, 0.25) is 0 Å². The minimum Gasteiger partial charge on any atom is -0.391 e. The van der Waals surface area contributed by atoms with Crippen LogP contribution in [0.3, 0.4) is 0 Å². The summed E-state index contributed by atoms with van der Waals surface area (Å²) < 4.78 is 348. The summed E-state index contributed by atoms with van der Waals surface area (Å²) in [7, 11) is 0. The molecule has 0 aliphatic heterocycles. The van der Waals surface area contributed by atoms with E-state index in [-0.39, 0.29) is 6.92 Å². The second-order valence-corrected chi connectivity index (χ2v) is 9.49. The van der Waals surface area contributed by atoms with Crippen LogP contribution in [0.4, 0.5) is 114 Å². The van der Waals surface area contributed by atoms with E-state index in [2.05, 4.69) is 9.47 Å². The lowest BCUT2D eigenvalue weighted by Crippen LogP contribution is -2.70. The molecule has 0 fully saturated rings. The van der Waals surface area contributed by atoms with Crippen LogP contribution < -0.4 is 0 Å². The molecule has 29 heteroatoms. The zero-order valence-electron chi connectivity index (χ0n) is 22.1. The Morgan fingerprint density at radius 3 is 0.750 bits per heavy atom. The molecule has 0 atom stereocenters. The molecule has 0 rings (SSSR count). The highest BCUT2D eigenvalue weighted by Gasteiger charge is 2.92. The van der Waals surface area contributed by atoms with Crippen LogP contribution in [0, 0.1) is 0 Å². The summed E-state index contributed by atoms with van der Waals surface area (Å²) in [4.78, 5) is 0. The second kappa shape index (κ2) is 12.7. The number of alkyl halides is 26. The van der Waals surface area contributed by atoms with Gasteiger partial charge in [0.25, 0.3) is 0 Å². The molecule has 0 bridgehead atoms. The Morgan fingerprint density at radius 1 is 0.354 bits per heavy atom. The predicted octanol–water partition coefficient (Wildman–Crippen LogP) is 8.99. The van der Waals surface area contributed by atoms with Gasteiger partial charge in [0.05, 0.1) is 19.8 Å². The molecule has 0 amide bonds. The average molecular weight is 784 g/mol. The monoisotopic (exact) mass is 784 g/mol. The number of aliphatic hydroxyl groups excluding tert-OH is 1. The fourth-order valence-corrected chi connectivity index (χ4v) is 2.84. The first-order valence-electron chi connectivity index (χ1n) is 11.3. The van der Waals surface area contributed by atoms with Gasteiger partial charge in [-0.3, -0.25) is 0 Å². The second-order valence-electron chi connectivity index (χ2n) is 9.49. The summed E-state index contributed by atoms with van der Waals surface area (Å²) in [5.74, 6) is -82.0. The number of halogens is 26. The Balaban J connectivity index is 5.93. The summed E-state index contributed by atoms with van der Waals surface area (Å²) >= 11 is 0. The third-order valence-corrected chi connectivity index (χ3v) is 5.93. The molecule has 0 unspecified atom stereocenters. The summed E-state index contributed by atoms with van der Waals surface area (Å²) in [5, 5.41) is 9.03. The zero-order valence-corrected chi connectivity index (χ0v) is 22.1. The maximum atomic E-state index is 13.8. The summed E-state index contributed by atoms with van der Waals surface area (Å²) in [6, 6.07) is 0. The average Bonchev–Trinajstić information content (AvgIpc) is 2.86. The molecular weight excluding hydrogens is 770 g/mol. The number of rotatable bonds is 17. The highest BCUT2D eigenvalue weighted by molar-refractivity contribution is 5.11. The van der Waals surface area contributed by atoms with Crippen LogP contribution in [0.15, 0.2) is 0 Å². The molecule has 290 valence electrons. The maximum Gasteiger partial charge on any atom is 0.460 e. The number of ether oxygens (including phenoxy) is 2. The van der Waals surface area contributed by atoms with Crippen LogP contribution >= 0.6 is 0 Å². The third-order valence-electron chi connectivity index (χ3n) is 5.93. The van der Waals surface area contributed by atoms with Crippen molar-refractivity contribution >= 4 is 0 Å². The molecule has 0 aliphatic rings. The maximum absolute atomic E-state index is 13.8. The Hall–Kier alpha value is -1.94. The van der Waals surface area contributed by atoms with Crippen molar-refractivity contribution in [1.29, 1.82) is 0 Å². The van der Waals surface area contributed by atoms with Gasteiger partial charge in [-0.1, -0.05) is 0 Å². The topological polar surface area (TPSA) is 38.7 Å². The molecule has 1 N–H and O–H groups in total. The molecule has 0 saturated carbocycles. The normalized spacial score (nSPS) is 16.5. The molecule has 0 aromatic rings. The highest BCUT2D eigenvalue weighted by atomic mass is 19.4. The van der Waals surface area contributed by atoms with Crippen LogP contribution in [0.5, 0.6) is 0 Å². The van der Waals surface area contributed by atoms with Gasteiger partial charge in [0, 0.05) is 12.8 Å². The lowest BCUT2D eigenvalue weighted by Gasteiger charge is -2.40. The van der Waals surface area contributed by atoms with E-state index in [1.54, 1.807) is 0 Å². The minimum absolute atomic E-state index is 0.0544. The van der Waals surface area contributed by atoms with Crippen LogP contribution in [-0.4, -0.2) is 102 Å². The van der Waals surface area contributed by atoms with Gasteiger partial charge in [0.1, 0.15) is 0 Å². The van der Waals surface area contributed by atoms with Crippen molar-refractivity contribution in [3.8, 4) is 0 Å². The van der Waals surface area contributed by atoms with Crippen molar-refractivity contribution in [3.05, 3.63) is 0 Å². The van der Waals surface area contributed by atoms with E-state index >= 15 is 0 Å². The smallest absolute Gasteiger partial charge is 0.391 e. The Labute approximate surface area is 247 Å². The quantitative estimate of drug-likeness (QED) is 0.118. The number of aliphatic hydroxyl groups is 1. The first-order chi connectivity index (χ1) is 20.5. The third kappa shape index (κ3) is 7.13. The molecule has 48 heavy (non-hydrogen) atoms. The molecule has 0 heterocycles. The van der Waals surface area contributed by atoms with Crippen molar-refractivity contribution in [2.45, 2.75) is 97.1 Å². The van der Waals surface area contributed by atoms with Gasteiger partial charge < -0.3 is 14.6 Å². The van der Waals surface area contributed by atoms with Crippen molar-refractivity contribution in [3.63, 3.8) is 0 Å². The van der Waals surface area contributed by atoms with Crippen molar-refractivity contribution in [1.82, 2.24) is 0 Å². The lowest BCUT2D eigenvalue weighted by molar-refractivity contribution is -0.441. The van der Waals surface area contributed by atoms with Gasteiger partial charge in [-0.2, -0.15) is 114 Å². The molecule has 0 aromatic heterocycles. The van der Waals surface area contributed by atoms with Crippen LogP contribution in [-0.2, 0) is 9.47 Å². The summed E-state index contributed by atoms with van der Waals surface area (Å²) in [6.07, 6.45) is -21.8. The number of hydrogen-bond donors (Lipinski definition) is 1. The molecule has 0 radical (unpaired) electrons.